The quantitative estimate of drug-likeness (QED) is 0.775. The van der Waals surface area contributed by atoms with Crippen molar-refractivity contribution < 1.29 is 4.74 Å². The Morgan fingerprint density at radius 1 is 1.33 bits per heavy atom. The zero-order valence-corrected chi connectivity index (χ0v) is 11.7. The highest BCUT2D eigenvalue weighted by Gasteiger charge is 2.06. The highest BCUT2D eigenvalue weighted by atomic mass is 79.9. The number of ether oxygens (including phenoxy) is 1. The largest absolute Gasteiger partial charge is 0.497 e. The standard InChI is InChI=1S/C9H8BrNOS.C2H6/c1-5-11-9-7(10)3-6(12-2)4-8(9)13-5;1-2/h3-4H,1-2H3;1-2H3. The van der Waals surface area contributed by atoms with Gasteiger partial charge in [-0.3, -0.25) is 0 Å². The van der Waals surface area contributed by atoms with Gasteiger partial charge in [-0.15, -0.1) is 11.3 Å². The second-order valence-electron chi connectivity index (χ2n) is 2.69. The number of methoxy groups -OCH3 is 1. The third-order valence-corrected chi connectivity index (χ3v) is 3.29. The Morgan fingerprint density at radius 3 is 2.60 bits per heavy atom. The van der Waals surface area contributed by atoms with Crippen molar-refractivity contribution >= 4 is 37.5 Å². The summed E-state index contributed by atoms with van der Waals surface area (Å²) < 4.78 is 7.31. The van der Waals surface area contributed by atoms with Crippen molar-refractivity contribution in [2.45, 2.75) is 20.8 Å². The van der Waals surface area contributed by atoms with Gasteiger partial charge in [-0.25, -0.2) is 4.98 Å². The summed E-state index contributed by atoms with van der Waals surface area (Å²) >= 11 is 5.14. The van der Waals surface area contributed by atoms with Crippen LogP contribution in [-0.4, -0.2) is 12.1 Å². The third-order valence-electron chi connectivity index (χ3n) is 1.76. The van der Waals surface area contributed by atoms with Crippen molar-refractivity contribution in [2.75, 3.05) is 7.11 Å². The van der Waals surface area contributed by atoms with Gasteiger partial charge < -0.3 is 4.74 Å². The highest BCUT2D eigenvalue weighted by Crippen LogP contribution is 2.32. The molecule has 1 aromatic carbocycles. The Balaban J connectivity index is 0.000000531. The number of hydrogen-bond acceptors (Lipinski definition) is 3. The maximum absolute atomic E-state index is 5.16. The normalized spacial score (nSPS) is 9.67. The molecule has 0 saturated heterocycles. The molecule has 0 amide bonds. The number of aryl methyl sites for hydroxylation is 1. The molecule has 0 radical (unpaired) electrons. The van der Waals surface area contributed by atoms with Gasteiger partial charge in [0.05, 0.1) is 22.3 Å². The molecule has 1 heterocycles. The molecule has 82 valence electrons. The molecular weight excluding hydrogens is 274 g/mol. The smallest absolute Gasteiger partial charge is 0.121 e. The number of aromatic nitrogens is 1. The molecule has 2 nitrogen and oxygen atoms in total. The fourth-order valence-electron chi connectivity index (χ4n) is 1.19. The molecule has 2 aromatic rings. The van der Waals surface area contributed by atoms with Gasteiger partial charge >= 0.3 is 0 Å². The van der Waals surface area contributed by atoms with Gasteiger partial charge in [0.25, 0.3) is 0 Å². The minimum Gasteiger partial charge on any atom is -0.497 e. The first-order valence-corrected chi connectivity index (χ1v) is 6.42. The Labute approximate surface area is 102 Å². The molecule has 0 aliphatic carbocycles. The number of halogens is 1. The first-order chi connectivity index (χ1) is 7.20. The van der Waals surface area contributed by atoms with Crippen molar-refractivity contribution in [1.29, 1.82) is 0 Å². The Hall–Kier alpha value is -0.610. The van der Waals surface area contributed by atoms with Gasteiger partial charge in [0, 0.05) is 4.47 Å². The third kappa shape index (κ3) is 2.69. The van der Waals surface area contributed by atoms with E-state index in [4.69, 9.17) is 4.74 Å². The van der Waals surface area contributed by atoms with E-state index in [2.05, 4.69) is 20.9 Å². The van der Waals surface area contributed by atoms with Gasteiger partial charge in [0.1, 0.15) is 5.75 Å². The molecule has 0 unspecified atom stereocenters. The summed E-state index contributed by atoms with van der Waals surface area (Å²) in [5.74, 6) is 0.864. The topological polar surface area (TPSA) is 22.1 Å². The van der Waals surface area contributed by atoms with Gasteiger partial charge in [-0.05, 0) is 35.0 Å². The maximum Gasteiger partial charge on any atom is 0.121 e. The number of nitrogens with zero attached hydrogens (tertiary/aromatic N) is 1. The van der Waals surface area contributed by atoms with E-state index >= 15 is 0 Å². The van der Waals surface area contributed by atoms with E-state index in [1.165, 1.54) is 0 Å². The molecule has 15 heavy (non-hydrogen) atoms. The van der Waals surface area contributed by atoms with E-state index in [-0.39, 0.29) is 0 Å². The predicted octanol–water partition coefficient (Wildman–Crippen LogP) is 4.40. The molecule has 0 aliphatic heterocycles. The molecule has 0 aliphatic rings. The summed E-state index contributed by atoms with van der Waals surface area (Å²) in [5.41, 5.74) is 1.02. The summed E-state index contributed by atoms with van der Waals surface area (Å²) in [6.07, 6.45) is 0. The minimum absolute atomic E-state index is 0.864. The highest BCUT2D eigenvalue weighted by molar-refractivity contribution is 9.10. The molecule has 4 heteroatoms. The second kappa shape index (κ2) is 5.47. The van der Waals surface area contributed by atoms with E-state index in [1.54, 1.807) is 18.4 Å². The van der Waals surface area contributed by atoms with E-state index in [0.29, 0.717) is 0 Å². The molecule has 0 atom stereocenters. The van der Waals surface area contributed by atoms with Crippen LogP contribution < -0.4 is 4.74 Å². The summed E-state index contributed by atoms with van der Waals surface area (Å²) in [4.78, 5) is 4.40. The lowest BCUT2D eigenvalue weighted by molar-refractivity contribution is 0.415. The van der Waals surface area contributed by atoms with Crippen molar-refractivity contribution in [3.63, 3.8) is 0 Å². The van der Waals surface area contributed by atoms with E-state index < -0.39 is 0 Å². The minimum atomic E-state index is 0.864. The Kier molecular flexibility index (Phi) is 4.54. The lowest BCUT2D eigenvalue weighted by Gasteiger charge is -1.99. The molecule has 0 N–H and O–H groups in total. The van der Waals surface area contributed by atoms with Crippen LogP contribution in [0.4, 0.5) is 0 Å². The molecule has 0 spiro atoms. The predicted molar refractivity (Wildman–Crippen MR) is 70.0 cm³/mol. The SMILES string of the molecule is CC.COc1cc(Br)c2nc(C)sc2c1. The van der Waals surface area contributed by atoms with E-state index in [1.807, 2.05) is 32.9 Å². The summed E-state index contributed by atoms with van der Waals surface area (Å²) in [6, 6.07) is 3.94. The van der Waals surface area contributed by atoms with Gasteiger partial charge in [-0.1, -0.05) is 13.8 Å². The first kappa shape index (κ1) is 12.5. The van der Waals surface area contributed by atoms with Crippen LogP contribution in [0.25, 0.3) is 10.2 Å². The van der Waals surface area contributed by atoms with Crippen LogP contribution in [0.1, 0.15) is 18.9 Å². The molecular formula is C11H14BrNOS. The molecule has 0 saturated carbocycles. The monoisotopic (exact) mass is 287 g/mol. The van der Waals surface area contributed by atoms with Crippen LogP contribution in [0.3, 0.4) is 0 Å². The lowest BCUT2D eigenvalue weighted by Crippen LogP contribution is -1.82. The Morgan fingerprint density at radius 2 is 2.00 bits per heavy atom. The number of benzene rings is 1. The van der Waals surface area contributed by atoms with Gasteiger partial charge in [-0.2, -0.15) is 0 Å². The molecule has 0 bridgehead atoms. The summed E-state index contributed by atoms with van der Waals surface area (Å²) in [5, 5.41) is 1.07. The average molecular weight is 288 g/mol. The van der Waals surface area contributed by atoms with Crippen LogP contribution in [0.2, 0.25) is 0 Å². The number of hydrogen-bond donors (Lipinski definition) is 0. The fourth-order valence-corrected chi connectivity index (χ4v) is 2.74. The van der Waals surface area contributed by atoms with Gasteiger partial charge in [0.2, 0.25) is 0 Å². The van der Waals surface area contributed by atoms with E-state index in [9.17, 15) is 0 Å². The summed E-state index contributed by atoms with van der Waals surface area (Å²) in [6.45, 7) is 6.00. The second-order valence-corrected chi connectivity index (χ2v) is 4.78. The molecule has 2 rings (SSSR count). The van der Waals surface area contributed by atoms with Crippen LogP contribution in [0, 0.1) is 6.92 Å². The Bertz CT molecular complexity index is 453. The molecule has 0 fully saturated rings. The van der Waals surface area contributed by atoms with Crippen LogP contribution >= 0.6 is 27.3 Å². The van der Waals surface area contributed by atoms with Crippen molar-refractivity contribution in [3.8, 4) is 5.75 Å². The average Bonchev–Trinajstić information content (AvgIpc) is 2.62. The van der Waals surface area contributed by atoms with Crippen molar-refractivity contribution in [1.82, 2.24) is 4.98 Å². The lowest BCUT2D eigenvalue weighted by atomic mass is 10.3. The molecule has 1 aromatic heterocycles. The van der Waals surface area contributed by atoms with Crippen LogP contribution in [0.15, 0.2) is 16.6 Å². The number of rotatable bonds is 1. The zero-order chi connectivity index (χ0) is 11.4. The van der Waals surface area contributed by atoms with E-state index in [0.717, 1.165) is 25.4 Å². The van der Waals surface area contributed by atoms with Crippen LogP contribution in [-0.2, 0) is 0 Å². The van der Waals surface area contributed by atoms with Crippen molar-refractivity contribution in [2.24, 2.45) is 0 Å². The first-order valence-electron chi connectivity index (χ1n) is 4.81. The number of fused-ring (bicyclic) bond motifs is 1. The van der Waals surface area contributed by atoms with Crippen molar-refractivity contribution in [3.05, 3.63) is 21.6 Å². The zero-order valence-electron chi connectivity index (χ0n) is 9.30. The fraction of sp³-hybridized carbons (Fsp3) is 0.364. The number of thiazole rings is 1. The van der Waals surface area contributed by atoms with Crippen LogP contribution in [0.5, 0.6) is 5.75 Å². The maximum atomic E-state index is 5.16. The summed E-state index contributed by atoms with van der Waals surface area (Å²) in [7, 11) is 1.67. The van der Waals surface area contributed by atoms with Gasteiger partial charge in [0.15, 0.2) is 0 Å².